The first-order valence-electron chi connectivity index (χ1n) is 13.0. The summed E-state index contributed by atoms with van der Waals surface area (Å²) in [5.74, 6) is 2.59. The van der Waals surface area contributed by atoms with Gasteiger partial charge in [-0.15, -0.1) is 0 Å². The fourth-order valence-corrected chi connectivity index (χ4v) is 8.41. The van der Waals surface area contributed by atoms with Crippen molar-refractivity contribution >= 4 is 11.8 Å². The molecule has 1 aliphatic heterocycles. The number of carbonyl (C=O) groups is 2. The van der Waals surface area contributed by atoms with Crippen LogP contribution in [0, 0.1) is 28.6 Å². The van der Waals surface area contributed by atoms with E-state index in [4.69, 9.17) is 0 Å². The second kappa shape index (κ2) is 8.29. The summed E-state index contributed by atoms with van der Waals surface area (Å²) in [6.45, 7) is 7.00. The largest absolute Gasteiger partial charge is 0.353 e. The quantitative estimate of drug-likeness (QED) is 0.679. The lowest BCUT2D eigenvalue weighted by Crippen LogP contribution is -2.60. The van der Waals surface area contributed by atoms with Crippen LogP contribution in [0.5, 0.6) is 0 Å². The van der Waals surface area contributed by atoms with Gasteiger partial charge in [-0.2, -0.15) is 0 Å². The number of hydrogen-bond donors (Lipinski definition) is 1. The number of fused-ring (bicyclic) bond motifs is 5. The van der Waals surface area contributed by atoms with Gasteiger partial charge in [-0.1, -0.05) is 57.2 Å². The molecule has 2 amide bonds. The van der Waals surface area contributed by atoms with E-state index in [-0.39, 0.29) is 34.6 Å². The van der Waals surface area contributed by atoms with Crippen molar-refractivity contribution in [3.63, 3.8) is 0 Å². The highest BCUT2D eigenvalue weighted by molar-refractivity contribution is 5.89. The molecule has 3 fully saturated rings. The van der Waals surface area contributed by atoms with Crippen molar-refractivity contribution in [3.8, 4) is 0 Å². The van der Waals surface area contributed by atoms with Crippen LogP contribution in [0.1, 0.15) is 77.2 Å². The lowest BCUT2D eigenvalue weighted by atomic mass is 9.48. The molecule has 0 spiro atoms. The zero-order chi connectivity index (χ0) is 23.4. The van der Waals surface area contributed by atoms with E-state index in [1.165, 1.54) is 31.2 Å². The van der Waals surface area contributed by atoms with E-state index in [1.807, 2.05) is 24.1 Å². The first-order valence-corrected chi connectivity index (χ1v) is 13.0. The van der Waals surface area contributed by atoms with E-state index < -0.39 is 0 Å². The number of hydrogen-bond acceptors (Lipinski definition) is 2. The Bertz CT molecular complexity index is 942. The SMILES string of the molecule is CC(CC(=O)NC1CC[C@H]2[C@@H]3CCC4N(C)C(=O)C=C[C@]4(C)[C@@H]3CC[C@]12C)c1ccccc1. The molecule has 33 heavy (non-hydrogen) atoms. The molecule has 3 aliphatic carbocycles. The number of carbonyl (C=O) groups excluding carboxylic acids is 2. The molecule has 1 heterocycles. The summed E-state index contributed by atoms with van der Waals surface area (Å²) in [5.41, 5.74) is 1.51. The predicted molar refractivity (Wildman–Crippen MR) is 131 cm³/mol. The van der Waals surface area contributed by atoms with Crippen LogP contribution in [0.25, 0.3) is 0 Å². The molecule has 8 atom stereocenters. The lowest BCUT2D eigenvalue weighted by molar-refractivity contribution is -0.138. The van der Waals surface area contributed by atoms with E-state index in [1.54, 1.807) is 0 Å². The molecule has 0 radical (unpaired) electrons. The molecule has 4 nitrogen and oxygen atoms in total. The standard InChI is InChI=1S/C29H40N2O2/c1-19(20-8-6-5-7-9-20)18-26(32)30-24-12-11-22-21-10-13-25-29(3,17-15-27(33)31(25)4)23(21)14-16-28(22,24)2/h5-9,15,17,19,21-25H,10-14,16,18H2,1-4H3,(H,30,32)/t19?,21-,22-,23+,24?,25?,28-,29+/m0/s1. The Kier molecular flexibility index (Phi) is 5.69. The van der Waals surface area contributed by atoms with Crippen LogP contribution < -0.4 is 5.32 Å². The average molecular weight is 449 g/mol. The van der Waals surface area contributed by atoms with Gasteiger partial charge in [-0.3, -0.25) is 9.59 Å². The monoisotopic (exact) mass is 448 g/mol. The van der Waals surface area contributed by atoms with Crippen molar-refractivity contribution in [1.29, 1.82) is 0 Å². The van der Waals surface area contributed by atoms with Crippen LogP contribution in [-0.2, 0) is 9.59 Å². The van der Waals surface area contributed by atoms with Crippen LogP contribution in [0.2, 0.25) is 0 Å². The van der Waals surface area contributed by atoms with Gasteiger partial charge >= 0.3 is 0 Å². The van der Waals surface area contributed by atoms with E-state index in [0.29, 0.717) is 30.2 Å². The lowest BCUT2D eigenvalue weighted by Gasteiger charge is -2.60. The van der Waals surface area contributed by atoms with Gasteiger partial charge in [0.1, 0.15) is 0 Å². The van der Waals surface area contributed by atoms with Crippen LogP contribution >= 0.6 is 0 Å². The molecule has 1 aromatic rings. The van der Waals surface area contributed by atoms with Crippen molar-refractivity contribution in [3.05, 3.63) is 48.0 Å². The summed E-state index contributed by atoms with van der Waals surface area (Å²) in [7, 11) is 1.99. The molecular formula is C29H40N2O2. The van der Waals surface area contributed by atoms with Gasteiger partial charge < -0.3 is 10.2 Å². The summed E-state index contributed by atoms with van der Waals surface area (Å²) in [6, 6.07) is 11.0. The highest BCUT2D eigenvalue weighted by atomic mass is 16.2. The molecule has 178 valence electrons. The van der Waals surface area contributed by atoms with Crippen LogP contribution in [0.4, 0.5) is 0 Å². The minimum Gasteiger partial charge on any atom is -0.353 e. The number of amides is 2. The zero-order valence-electron chi connectivity index (χ0n) is 20.7. The van der Waals surface area contributed by atoms with Crippen LogP contribution in [-0.4, -0.2) is 35.8 Å². The van der Waals surface area contributed by atoms with E-state index in [2.05, 4.69) is 56.4 Å². The van der Waals surface area contributed by atoms with Gasteiger partial charge in [0.2, 0.25) is 11.8 Å². The zero-order valence-corrected chi connectivity index (χ0v) is 20.7. The molecule has 0 aromatic heterocycles. The molecule has 3 saturated carbocycles. The molecular weight excluding hydrogens is 408 g/mol. The molecule has 4 aliphatic rings. The van der Waals surface area contributed by atoms with E-state index in [0.717, 1.165) is 12.8 Å². The second-order valence-corrected chi connectivity index (χ2v) is 11.9. The van der Waals surface area contributed by atoms with E-state index in [9.17, 15) is 9.59 Å². The molecule has 1 aromatic carbocycles. The van der Waals surface area contributed by atoms with E-state index >= 15 is 0 Å². The fourth-order valence-electron chi connectivity index (χ4n) is 8.41. The maximum Gasteiger partial charge on any atom is 0.246 e. The third-order valence-corrected chi connectivity index (χ3v) is 10.3. The van der Waals surface area contributed by atoms with Crippen molar-refractivity contribution in [2.45, 2.75) is 83.7 Å². The maximum absolute atomic E-state index is 13.0. The Morgan fingerprint density at radius 2 is 1.85 bits per heavy atom. The van der Waals surface area contributed by atoms with Crippen molar-refractivity contribution in [2.24, 2.45) is 28.6 Å². The average Bonchev–Trinajstić information content (AvgIpc) is 3.13. The molecule has 1 N–H and O–H groups in total. The van der Waals surface area contributed by atoms with Gasteiger partial charge in [0.15, 0.2) is 0 Å². The normalized spacial score (nSPS) is 40.5. The van der Waals surface area contributed by atoms with Crippen molar-refractivity contribution < 1.29 is 9.59 Å². The highest BCUT2D eigenvalue weighted by Crippen LogP contribution is 2.63. The number of rotatable bonds is 4. The Morgan fingerprint density at radius 1 is 1.09 bits per heavy atom. The Hall–Kier alpha value is -2.10. The number of nitrogens with zero attached hydrogens (tertiary/aromatic N) is 1. The summed E-state index contributed by atoms with van der Waals surface area (Å²) >= 11 is 0. The van der Waals surface area contributed by atoms with Crippen molar-refractivity contribution in [1.82, 2.24) is 10.2 Å². The minimum atomic E-state index is 0.0827. The first-order chi connectivity index (χ1) is 15.7. The van der Waals surface area contributed by atoms with Crippen molar-refractivity contribution in [2.75, 3.05) is 7.05 Å². The third kappa shape index (κ3) is 3.65. The van der Waals surface area contributed by atoms with Gasteiger partial charge in [-0.05, 0) is 79.3 Å². The summed E-state index contributed by atoms with van der Waals surface area (Å²) in [5, 5.41) is 3.49. The Morgan fingerprint density at radius 3 is 2.61 bits per heavy atom. The molecule has 3 unspecified atom stereocenters. The molecule has 0 saturated heterocycles. The van der Waals surface area contributed by atoms with Gasteiger partial charge in [0.05, 0.1) is 0 Å². The molecule has 4 heteroatoms. The topological polar surface area (TPSA) is 49.4 Å². The molecule has 5 rings (SSSR count). The summed E-state index contributed by atoms with van der Waals surface area (Å²) in [4.78, 5) is 27.3. The number of likely N-dealkylation sites (N-methyl/N-ethyl adjacent to an activating group) is 1. The number of benzene rings is 1. The van der Waals surface area contributed by atoms with Crippen LogP contribution in [0.3, 0.4) is 0 Å². The van der Waals surface area contributed by atoms with Crippen LogP contribution in [0.15, 0.2) is 42.5 Å². The molecule has 0 bridgehead atoms. The Labute approximate surface area is 199 Å². The third-order valence-electron chi connectivity index (χ3n) is 10.3. The van der Waals surface area contributed by atoms with Gasteiger partial charge in [0, 0.05) is 31.0 Å². The Balaban J connectivity index is 1.28. The number of nitrogens with one attached hydrogen (secondary N) is 1. The second-order valence-electron chi connectivity index (χ2n) is 11.9. The maximum atomic E-state index is 13.0. The predicted octanol–water partition coefficient (Wildman–Crippen LogP) is 5.30. The fraction of sp³-hybridized carbons (Fsp3) is 0.655. The summed E-state index contributed by atoms with van der Waals surface area (Å²) in [6.07, 6.45) is 11.6. The smallest absolute Gasteiger partial charge is 0.246 e. The van der Waals surface area contributed by atoms with Gasteiger partial charge in [0.25, 0.3) is 0 Å². The minimum absolute atomic E-state index is 0.0827. The first kappa shape index (κ1) is 22.7. The van der Waals surface area contributed by atoms with Gasteiger partial charge in [-0.25, -0.2) is 0 Å². The highest BCUT2D eigenvalue weighted by Gasteiger charge is 2.60. The summed E-state index contributed by atoms with van der Waals surface area (Å²) < 4.78 is 0.